The highest BCUT2D eigenvalue weighted by Gasteiger charge is 2.15. The Morgan fingerprint density at radius 3 is 1.86 bits per heavy atom. The third-order valence-corrected chi connectivity index (χ3v) is 4.61. The number of benzene rings is 3. The van der Waals surface area contributed by atoms with Crippen molar-refractivity contribution in [2.75, 3.05) is 13.2 Å². The summed E-state index contributed by atoms with van der Waals surface area (Å²) in [5.41, 5.74) is 5.85. The zero-order chi connectivity index (χ0) is 20.8. The van der Waals surface area contributed by atoms with Gasteiger partial charge in [0.05, 0.1) is 24.3 Å². The topological polar surface area (TPSA) is 52.6 Å². The van der Waals surface area contributed by atoms with E-state index in [0.717, 1.165) is 27.8 Å². The highest BCUT2D eigenvalue weighted by Crippen LogP contribution is 2.31. The van der Waals surface area contributed by atoms with E-state index in [9.17, 15) is 9.59 Å². The summed E-state index contributed by atoms with van der Waals surface area (Å²) in [6.45, 7) is 6.27. The molecule has 4 heteroatoms. The molecule has 0 saturated carbocycles. The first kappa shape index (κ1) is 20.3. The van der Waals surface area contributed by atoms with Gasteiger partial charge in [0.1, 0.15) is 0 Å². The second-order valence-electron chi connectivity index (χ2n) is 6.64. The number of esters is 2. The quantitative estimate of drug-likeness (QED) is 0.510. The normalized spacial score (nSPS) is 10.4. The van der Waals surface area contributed by atoms with Crippen molar-refractivity contribution in [3.63, 3.8) is 0 Å². The molecule has 0 radical (unpaired) electrons. The molecule has 3 aromatic carbocycles. The molecule has 4 nitrogen and oxygen atoms in total. The SMILES string of the molecule is CCOC(=O)c1ccc(-c2ccc(C(=O)OCC)c(-c3ccc(C)cc3)c2)cc1. The van der Waals surface area contributed by atoms with E-state index in [4.69, 9.17) is 9.47 Å². The summed E-state index contributed by atoms with van der Waals surface area (Å²) in [6.07, 6.45) is 0. The first-order chi connectivity index (χ1) is 14.0. The minimum atomic E-state index is -0.340. The molecule has 0 aliphatic carbocycles. The van der Waals surface area contributed by atoms with Gasteiger partial charge in [-0.3, -0.25) is 0 Å². The number of aryl methyl sites for hydroxylation is 1. The van der Waals surface area contributed by atoms with Crippen LogP contribution in [0.1, 0.15) is 40.1 Å². The molecule has 0 saturated heterocycles. The molecule has 0 aromatic heterocycles. The molecule has 0 fully saturated rings. The third kappa shape index (κ3) is 4.72. The van der Waals surface area contributed by atoms with Gasteiger partial charge in [-0.25, -0.2) is 9.59 Å². The van der Waals surface area contributed by atoms with Crippen LogP contribution < -0.4 is 0 Å². The lowest BCUT2D eigenvalue weighted by Crippen LogP contribution is -2.06. The van der Waals surface area contributed by atoms with Gasteiger partial charge in [-0.15, -0.1) is 0 Å². The van der Waals surface area contributed by atoms with Gasteiger partial charge in [-0.1, -0.05) is 48.0 Å². The van der Waals surface area contributed by atoms with Gasteiger partial charge in [0.25, 0.3) is 0 Å². The van der Waals surface area contributed by atoms with Gasteiger partial charge < -0.3 is 9.47 Å². The molecule has 3 rings (SSSR count). The Bertz CT molecular complexity index is 1000. The number of hydrogen-bond donors (Lipinski definition) is 0. The molecule has 0 amide bonds. The maximum absolute atomic E-state index is 12.5. The lowest BCUT2D eigenvalue weighted by molar-refractivity contribution is 0.0517. The maximum Gasteiger partial charge on any atom is 0.338 e. The first-order valence-corrected chi connectivity index (χ1v) is 9.69. The van der Waals surface area contributed by atoms with Crippen LogP contribution >= 0.6 is 0 Å². The van der Waals surface area contributed by atoms with Crippen LogP contribution in [0, 0.1) is 6.92 Å². The number of ether oxygens (including phenoxy) is 2. The van der Waals surface area contributed by atoms with Crippen molar-refractivity contribution in [1.29, 1.82) is 0 Å². The molecule has 29 heavy (non-hydrogen) atoms. The molecule has 3 aromatic rings. The van der Waals surface area contributed by atoms with Gasteiger partial charge in [0.2, 0.25) is 0 Å². The minimum Gasteiger partial charge on any atom is -0.462 e. The van der Waals surface area contributed by atoms with E-state index in [1.807, 2.05) is 55.5 Å². The van der Waals surface area contributed by atoms with E-state index in [1.165, 1.54) is 0 Å². The summed E-state index contributed by atoms with van der Waals surface area (Å²) in [6, 6.07) is 21.0. The highest BCUT2D eigenvalue weighted by molar-refractivity contribution is 5.98. The van der Waals surface area contributed by atoms with Crippen molar-refractivity contribution in [3.8, 4) is 22.3 Å². The average Bonchev–Trinajstić information content (AvgIpc) is 2.74. The van der Waals surface area contributed by atoms with E-state index in [0.29, 0.717) is 24.3 Å². The molecule has 0 aliphatic rings. The summed E-state index contributed by atoms with van der Waals surface area (Å²) in [4.78, 5) is 24.3. The Labute approximate surface area is 171 Å². The zero-order valence-electron chi connectivity index (χ0n) is 16.9. The number of rotatable bonds is 6. The van der Waals surface area contributed by atoms with Crippen molar-refractivity contribution < 1.29 is 19.1 Å². The molecule has 0 aliphatic heterocycles. The standard InChI is InChI=1S/C25H24O4/c1-4-28-24(26)20-12-10-18(11-13-20)21-14-15-22(25(27)29-5-2)23(16-21)19-8-6-17(3)7-9-19/h6-16H,4-5H2,1-3H3. The molecule has 0 spiro atoms. The second-order valence-corrected chi connectivity index (χ2v) is 6.64. The summed E-state index contributed by atoms with van der Waals surface area (Å²) < 4.78 is 10.3. The smallest absolute Gasteiger partial charge is 0.338 e. The van der Waals surface area contributed by atoms with Crippen LogP contribution in [0.4, 0.5) is 0 Å². The average molecular weight is 388 g/mol. The molecular weight excluding hydrogens is 364 g/mol. The van der Waals surface area contributed by atoms with Crippen molar-refractivity contribution in [1.82, 2.24) is 0 Å². The van der Waals surface area contributed by atoms with E-state index >= 15 is 0 Å². The predicted octanol–water partition coefficient (Wildman–Crippen LogP) is 5.68. The highest BCUT2D eigenvalue weighted by atomic mass is 16.5. The molecule has 0 heterocycles. The number of carbonyl (C=O) groups is 2. The third-order valence-electron chi connectivity index (χ3n) is 4.61. The first-order valence-electron chi connectivity index (χ1n) is 9.69. The lowest BCUT2D eigenvalue weighted by Gasteiger charge is -2.12. The largest absolute Gasteiger partial charge is 0.462 e. The van der Waals surface area contributed by atoms with Gasteiger partial charge in [0.15, 0.2) is 0 Å². The Kier molecular flexibility index (Phi) is 6.45. The summed E-state index contributed by atoms with van der Waals surface area (Å²) in [5, 5.41) is 0. The second kappa shape index (κ2) is 9.20. The van der Waals surface area contributed by atoms with Crippen LogP contribution in [0.2, 0.25) is 0 Å². The Balaban J connectivity index is 2.02. The van der Waals surface area contributed by atoms with Crippen LogP contribution in [-0.4, -0.2) is 25.2 Å². The minimum absolute atomic E-state index is 0.323. The molecule has 148 valence electrons. The van der Waals surface area contributed by atoms with Crippen LogP contribution in [0.3, 0.4) is 0 Å². The van der Waals surface area contributed by atoms with Crippen molar-refractivity contribution >= 4 is 11.9 Å². The summed E-state index contributed by atoms with van der Waals surface area (Å²) >= 11 is 0. The van der Waals surface area contributed by atoms with Crippen LogP contribution in [0.5, 0.6) is 0 Å². The Morgan fingerprint density at radius 1 is 0.690 bits per heavy atom. The summed E-state index contributed by atoms with van der Waals surface area (Å²) in [5.74, 6) is -0.677. The van der Waals surface area contributed by atoms with Crippen LogP contribution in [-0.2, 0) is 9.47 Å². The van der Waals surface area contributed by atoms with Gasteiger partial charge in [-0.2, -0.15) is 0 Å². The fraction of sp³-hybridized carbons (Fsp3) is 0.200. The molecule has 0 bridgehead atoms. The lowest BCUT2D eigenvalue weighted by atomic mass is 9.94. The maximum atomic E-state index is 12.5. The van der Waals surface area contributed by atoms with Gasteiger partial charge >= 0.3 is 11.9 Å². The van der Waals surface area contributed by atoms with E-state index in [2.05, 4.69) is 0 Å². The van der Waals surface area contributed by atoms with E-state index in [-0.39, 0.29) is 11.9 Å². The predicted molar refractivity (Wildman–Crippen MR) is 114 cm³/mol. The fourth-order valence-electron chi connectivity index (χ4n) is 3.10. The van der Waals surface area contributed by atoms with Crippen molar-refractivity contribution in [2.45, 2.75) is 20.8 Å². The fourth-order valence-corrected chi connectivity index (χ4v) is 3.10. The Morgan fingerprint density at radius 2 is 1.24 bits per heavy atom. The van der Waals surface area contributed by atoms with E-state index in [1.54, 1.807) is 32.0 Å². The molecule has 0 unspecified atom stereocenters. The Hall–Kier alpha value is -3.40. The van der Waals surface area contributed by atoms with Crippen LogP contribution in [0.25, 0.3) is 22.3 Å². The van der Waals surface area contributed by atoms with Crippen LogP contribution in [0.15, 0.2) is 66.7 Å². The van der Waals surface area contributed by atoms with Crippen molar-refractivity contribution in [2.24, 2.45) is 0 Å². The monoisotopic (exact) mass is 388 g/mol. The summed E-state index contributed by atoms with van der Waals surface area (Å²) in [7, 11) is 0. The zero-order valence-corrected chi connectivity index (χ0v) is 16.9. The van der Waals surface area contributed by atoms with Gasteiger partial charge in [0, 0.05) is 0 Å². The van der Waals surface area contributed by atoms with Gasteiger partial charge in [-0.05, 0) is 67.3 Å². The number of hydrogen-bond acceptors (Lipinski definition) is 4. The molecular formula is C25H24O4. The van der Waals surface area contributed by atoms with Crippen molar-refractivity contribution in [3.05, 3.63) is 83.4 Å². The molecule has 0 atom stereocenters. The molecule has 0 N–H and O–H groups in total. The van der Waals surface area contributed by atoms with E-state index < -0.39 is 0 Å². The number of carbonyl (C=O) groups excluding carboxylic acids is 2.